The molecule has 0 aromatic heterocycles. The van der Waals surface area contributed by atoms with E-state index in [1.807, 2.05) is 48.5 Å². The molecule has 0 radical (unpaired) electrons. The molecule has 0 atom stereocenters. The van der Waals surface area contributed by atoms with Gasteiger partial charge in [0.05, 0.1) is 18.0 Å². The predicted octanol–water partition coefficient (Wildman–Crippen LogP) is 5.98. The molecular formula is C29H38N4O3. The van der Waals surface area contributed by atoms with E-state index in [-0.39, 0.29) is 28.3 Å². The molecule has 3 rings (SSSR count). The first-order valence-corrected chi connectivity index (χ1v) is 12.5. The number of hydrogen-bond donors (Lipinski definition) is 4. The molecule has 1 aliphatic carbocycles. The van der Waals surface area contributed by atoms with Crippen molar-refractivity contribution in [2.75, 3.05) is 28.7 Å². The third kappa shape index (κ3) is 6.34. The van der Waals surface area contributed by atoms with Crippen molar-refractivity contribution >= 4 is 34.2 Å². The third-order valence-corrected chi connectivity index (χ3v) is 6.41. The largest absolute Gasteiger partial charge is 0.506 e. The number of nitrogens with one attached hydrogen (secondary N) is 2. The number of aliphatic imine (C=N–C) groups is 1. The number of carbonyl (C=O) groups excluding carboxylic acids is 1. The van der Waals surface area contributed by atoms with Crippen molar-refractivity contribution in [3.05, 3.63) is 71.6 Å². The number of rotatable bonds is 10. The fourth-order valence-corrected chi connectivity index (χ4v) is 4.06. The summed E-state index contributed by atoms with van der Waals surface area (Å²) in [6.45, 7) is 13.2. The Morgan fingerprint density at radius 1 is 1.00 bits per heavy atom. The molecule has 0 saturated carbocycles. The van der Waals surface area contributed by atoms with Gasteiger partial charge in [0.25, 0.3) is 0 Å². The maximum atomic E-state index is 12.7. The molecule has 0 amide bonds. The van der Waals surface area contributed by atoms with Crippen LogP contribution in [0.3, 0.4) is 0 Å². The van der Waals surface area contributed by atoms with Gasteiger partial charge in [-0.3, -0.25) is 4.79 Å². The van der Waals surface area contributed by atoms with Crippen molar-refractivity contribution in [1.82, 2.24) is 0 Å². The fraction of sp³-hybridized carbons (Fsp3) is 0.379. The summed E-state index contributed by atoms with van der Waals surface area (Å²) in [5, 5.41) is 27.3. The Bertz CT molecular complexity index is 1160. The zero-order valence-corrected chi connectivity index (χ0v) is 22.1. The highest BCUT2D eigenvalue weighted by Crippen LogP contribution is 2.28. The lowest BCUT2D eigenvalue weighted by Crippen LogP contribution is -2.30. The van der Waals surface area contributed by atoms with Gasteiger partial charge in [0.1, 0.15) is 11.5 Å². The highest BCUT2D eigenvalue weighted by atomic mass is 16.3. The lowest BCUT2D eigenvalue weighted by molar-refractivity contribution is -0.109. The van der Waals surface area contributed by atoms with Crippen molar-refractivity contribution in [2.45, 2.75) is 59.5 Å². The Labute approximate surface area is 214 Å². The Morgan fingerprint density at radius 3 is 2.14 bits per heavy atom. The SMILES string of the molecule is CCN(c1ccc(NC2=C(CO)C(=Nc3ccc(NC(C)(C)CC)cc3)C(=O)C=C2O)cc1)C(C)C. The van der Waals surface area contributed by atoms with Crippen molar-refractivity contribution in [3.8, 4) is 0 Å². The van der Waals surface area contributed by atoms with E-state index < -0.39 is 12.4 Å². The summed E-state index contributed by atoms with van der Waals surface area (Å²) < 4.78 is 0. The molecule has 0 bridgehead atoms. The molecule has 2 aromatic carbocycles. The molecule has 0 unspecified atom stereocenters. The van der Waals surface area contributed by atoms with Crippen LogP contribution in [0.15, 0.2) is 76.6 Å². The van der Waals surface area contributed by atoms with Gasteiger partial charge in [-0.2, -0.15) is 0 Å². The first-order valence-electron chi connectivity index (χ1n) is 12.5. The maximum absolute atomic E-state index is 12.7. The molecule has 0 saturated heterocycles. The van der Waals surface area contributed by atoms with E-state index in [9.17, 15) is 15.0 Å². The molecule has 1 aliphatic rings. The summed E-state index contributed by atoms with van der Waals surface area (Å²) in [4.78, 5) is 19.5. The molecule has 192 valence electrons. The maximum Gasteiger partial charge on any atom is 0.208 e. The van der Waals surface area contributed by atoms with Crippen molar-refractivity contribution in [2.24, 2.45) is 4.99 Å². The van der Waals surface area contributed by atoms with E-state index in [0.717, 1.165) is 36.1 Å². The molecule has 0 aliphatic heterocycles. The van der Waals surface area contributed by atoms with Gasteiger partial charge in [-0.25, -0.2) is 4.99 Å². The number of aliphatic hydroxyl groups is 2. The standard InChI is InChI=1S/C29H38N4O3/c1-7-29(5,6)32-22-11-9-20(10-12-22)30-27-24(18-34)28(26(36)17-25(27)35)31-21-13-15-23(16-14-21)33(8-2)19(3)4/h9-17,19,31-32,34,36H,7-8,18H2,1-6H3. The molecule has 7 heteroatoms. The van der Waals surface area contributed by atoms with E-state index in [1.165, 1.54) is 0 Å². The van der Waals surface area contributed by atoms with Crippen LogP contribution in [0, 0.1) is 0 Å². The number of benzene rings is 2. The number of aliphatic hydroxyl groups excluding tert-OH is 2. The molecule has 4 N–H and O–H groups in total. The van der Waals surface area contributed by atoms with Gasteiger partial charge in [0.2, 0.25) is 5.78 Å². The Balaban J connectivity index is 1.89. The van der Waals surface area contributed by atoms with Crippen molar-refractivity contribution in [3.63, 3.8) is 0 Å². The molecule has 2 aromatic rings. The summed E-state index contributed by atoms with van der Waals surface area (Å²) in [6, 6.07) is 15.7. The van der Waals surface area contributed by atoms with E-state index in [2.05, 4.69) is 62.1 Å². The monoisotopic (exact) mass is 490 g/mol. The number of carbonyl (C=O) groups is 1. The summed E-state index contributed by atoms with van der Waals surface area (Å²) in [7, 11) is 0. The van der Waals surface area contributed by atoms with Crippen LogP contribution < -0.4 is 15.5 Å². The molecular weight excluding hydrogens is 452 g/mol. The van der Waals surface area contributed by atoms with Crippen molar-refractivity contribution in [1.29, 1.82) is 0 Å². The van der Waals surface area contributed by atoms with Crippen LogP contribution in [0.5, 0.6) is 0 Å². The third-order valence-electron chi connectivity index (χ3n) is 6.41. The van der Waals surface area contributed by atoms with Crippen molar-refractivity contribution < 1.29 is 15.0 Å². The van der Waals surface area contributed by atoms with Gasteiger partial charge in [0, 0.05) is 46.8 Å². The van der Waals surface area contributed by atoms with Gasteiger partial charge >= 0.3 is 0 Å². The predicted molar refractivity (Wildman–Crippen MR) is 150 cm³/mol. The van der Waals surface area contributed by atoms with Crippen LogP contribution >= 0.6 is 0 Å². The van der Waals surface area contributed by atoms with Crippen LogP contribution in [-0.4, -0.2) is 46.4 Å². The minimum atomic E-state index is -0.456. The number of nitrogens with zero attached hydrogens (tertiary/aromatic N) is 2. The van der Waals surface area contributed by atoms with Crippen LogP contribution in [-0.2, 0) is 4.79 Å². The topological polar surface area (TPSA) is 97.2 Å². The zero-order valence-electron chi connectivity index (χ0n) is 22.1. The highest BCUT2D eigenvalue weighted by Gasteiger charge is 2.27. The number of anilines is 3. The highest BCUT2D eigenvalue weighted by molar-refractivity contribution is 6.51. The summed E-state index contributed by atoms with van der Waals surface area (Å²) in [5.41, 5.74) is 3.93. The van der Waals surface area contributed by atoms with Gasteiger partial charge < -0.3 is 25.7 Å². The average molecular weight is 491 g/mol. The molecule has 36 heavy (non-hydrogen) atoms. The molecule has 7 nitrogen and oxygen atoms in total. The van der Waals surface area contributed by atoms with Crippen LogP contribution in [0.4, 0.5) is 22.7 Å². The number of ketones is 1. The smallest absolute Gasteiger partial charge is 0.208 e. The number of allylic oxidation sites excluding steroid dienone is 1. The Kier molecular flexibility index (Phi) is 8.58. The second-order valence-corrected chi connectivity index (χ2v) is 9.83. The Morgan fingerprint density at radius 2 is 1.61 bits per heavy atom. The molecule has 0 spiro atoms. The number of hydrogen-bond acceptors (Lipinski definition) is 7. The van der Waals surface area contributed by atoms with Crippen LogP contribution in [0.2, 0.25) is 0 Å². The van der Waals surface area contributed by atoms with Gasteiger partial charge in [-0.1, -0.05) is 6.92 Å². The minimum Gasteiger partial charge on any atom is -0.506 e. The molecule has 0 fully saturated rings. The van der Waals surface area contributed by atoms with E-state index >= 15 is 0 Å². The van der Waals surface area contributed by atoms with Gasteiger partial charge in [0.15, 0.2) is 0 Å². The molecule has 0 heterocycles. The first-order chi connectivity index (χ1) is 17.1. The summed E-state index contributed by atoms with van der Waals surface area (Å²) in [6.07, 6.45) is 2.10. The quantitative estimate of drug-likeness (QED) is 0.306. The summed E-state index contributed by atoms with van der Waals surface area (Å²) >= 11 is 0. The second-order valence-electron chi connectivity index (χ2n) is 9.83. The minimum absolute atomic E-state index is 0.0375. The van der Waals surface area contributed by atoms with Crippen LogP contribution in [0.25, 0.3) is 0 Å². The second kappa shape index (κ2) is 11.4. The van der Waals surface area contributed by atoms with Crippen LogP contribution in [0.1, 0.15) is 48.0 Å². The summed E-state index contributed by atoms with van der Waals surface area (Å²) in [5.74, 6) is -0.687. The van der Waals surface area contributed by atoms with E-state index in [0.29, 0.717) is 11.7 Å². The van der Waals surface area contributed by atoms with Gasteiger partial charge in [-0.05, 0) is 89.6 Å². The van der Waals surface area contributed by atoms with E-state index in [1.54, 1.807) is 0 Å². The lowest BCUT2D eigenvalue weighted by atomic mass is 9.97. The van der Waals surface area contributed by atoms with E-state index in [4.69, 9.17) is 0 Å². The lowest BCUT2D eigenvalue weighted by Gasteiger charge is -2.27. The average Bonchev–Trinajstić information content (AvgIpc) is 2.84. The van der Waals surface area contributed by atoms with Gasteiger partial charge in [-0.15, -0.1) is 0 Å². The zero-order chi connectivity index (χ0) is 26.5. The fourth-order valence-electron chi connectivity index (χ4n) is 4.06. The Hall–Kier alpha value is -3.58. The normalized spacial score (nSPS) is 15.4. The first kappa shape index (κ1) is 27.0.